The molecule has 0 radical (unpaired) electrons. The molecular formula is C12H16N2O. The van der Waals surface area contributed by atoms with E-state index in [1.54, 1.807) is 6.07 Å². The van der Waals surface area contributed by atoms with Gasteiger partial charge in [-0.2, -0.15) is 0 Å². The summed E-state index contributed by atoms with van der Waals surface area (Å²) in [6.07, 6.45) is 3.50. The first-order chi connectivity index (χ1) is 7.25. The van der Waals surface area contributed by atoms with E-state index in [0.717, 1.165) is 24.4 Å². The Balaban J connectivity index is 2.08. The second-order valence-corrected chi connectivity index (χ2v) is 4.63. The zero-order valence-corrected chi connectivity index (χ0v) is 8.66. The van der Waals surface area contributed by atoms with Gasteiger partial charge in [0.15, 0.2) is 0 Å². The summed E-state index contributed by atoms with van der Waals surface area (Å²) < 4.78 is 0. The zero-order chi connectivity index (χ0) is 10.4. The lowest BCUT2D eigenvalue weighted by Crippen LogP contribution is -2.31. The van der Waals surface area contributed by atoms with E-state index in [1.807, 2.05) is 6.07 Å². The number of phenols is 1. The molecule has 0 aromatic heterocycles. The Morgan fingerprint density at radius 1 is 1.33 bits per heavy atom. The Morgan fingerprint density at radius 2 is 2.13 bits per heavy atom. The third-order valence-corrected chi connectivity index (χ3v) is 3.45. The van der Waals surface area contributed by atoms with E-state index >= 15 is 0 Å². The monoisotopic (exact) mass is 204 g/mol. The van der Waals surface area contributed by atoms with E-state index in [0.29, 0.717) is 17.5 Å². The van der Waals surface area contributed by atoms with Gasteiger partial charge in [-0.25, -0.2) is 0 Å². The molecule has 15 heavy (non-hydrogen) atoms. The second-order valence-electron chi connectivity index (χ2n) is 4.63. The maximum Gasteiger partial charge on any atom is 0.121 e. The predicted octanol–water partition coefficient (Wildman–Crippen LogP) is 1.57. The van der Waals surface area contributed by atoms with Crippen LogP contribution in [0, 0.1) is 5.92 Å². The Bertz CT molecular complexity index is 399. The third kappa shape index (κ3) is 1.47. The average Bonchev–Trinajstić information content (AvgIpc) is 3.00. The SMILES string of the molecule is Nc1cc(O)c2c(c1)C(C1CC1)NCC2. The number of hydrogen-bond acceptors (Lipinski definition) is 3. The van der Waals surface area contributed by atoms with Crippen LogP contribution < -0.4 is 11.1 Å². The number of aromatic hydroxyl groups is 1. The normalized spacial score (nSPS) is 24.9. The summed E-state index contributed by atoms with van der Waals surface area (Å²) in [5.74, 6) is 1.13. The minimum atomic E-state index is 0.372. The van der Waals surface area contributed by atoms with Gasteiger partial charge in [-0.15, -0.1) is 0 Å². The van der Waals surface area contributed by atoms with E-state index in [1.165, 1.54) is 18.4 Å². The van der Waals surface area contributed by atoms with Crippen LogP contribution in [-0.4, -0.2) is 11.7 Å². The summed E-state index contributed by atoms with van der Waals surface area (Å²) in [5, 5.41) is 13.4. The highest BCUT2D eigenvalue weighted by Crippen LogP contribution is 2.45. The average molecular weight is 204 g/mol. The van der Waals surface area contributed by atoms with Gasteiger partial charge in [-0.05, 0) is 43.4 Å². The van der Waals surface area contributed by atoms with Crippen LogP contribution in [0.15, 0.2) is 12.1 Å². The topological polar surface area (TPSA) is 58.3 Å². The molecule has 1 unspecified atom stereocenters. The highest BCUT2D eigenvalue weighted by molar-refractivity contribution is 5.54. The van der Waals surface area contributed by atoms with Crippen LogP contribution in [0.3, 0.4) is 0 Å². The molecule has 3 rings (SSSR count). The van der Waals surface area contributed by atoms with Crippen molar-refractivity contribution in [3.05, 3.63) is 23.3 Å². The Labute approximate surface area is 89.3 Å². The van der Waals surface area contributed by atoms with Crippen molar-refractivity contribution >= 4 is 5.69 Å². The van der Waals surface area contributed by atoms with Crippen molar-refractivity contribution in [3.8, 4) is 5.75 Å². The van der Waals surface area contributed by atoms with Crippen LogP contribution in [-0.2, 0) is 6.42 Å². The fourth-order valence-electron chi connectivity index (χ4n) is 2.56. The van der Waals surface area contributed by atoms with Gasteiger partial charge in [0.2, 0.25) is 0 Å². The van der Waals surface area contributed by atoms with E-state index in [2.05, 4.69) is 5.32 Å². The number of benzene rings is 1. The minimum absolute atomic E-state index is 0.372. The molecule has 1 heterocycles. The molecule has 0 bridgehead atoms. The molecule has 1 aliphatic carbocycles. The van der Waals surface area contributed by atoms with E-state index < -0.39 is 0 Å². The maximum atomic E-state index is 9.85. The molecular weight excluding hydrogens is 188 g/mol. The quantitative estimate of drug-likeness (QED) is 0.609. The summed E-state index contributed by atoms with van der Waals surface area (Å²) in [6, 6.07) is 4.10. The molecule has 1 aromatic carbocycles. The van der Waals surface area contributed by atoms with Crippen molar-refractivity contribution in [2.24, 2.45) is 5.92 Å². The molecule has 0 saturated heterocycles. The first-order valence-electron chi connectivity index (χ1n) is 5.60. The number of hydrogen-bond donors (Lipinski definition) is 3. The lowest BCUT2D eigenvalue weighted by atomic mass is 9.90. The molecule has 80 valence electrons. The van der Waals surface area contributed by atoms with Gasteiger partial charge < -0.3 is 16.2 Å². The smallest absolute Gasteiger partial charge is 0.121 e. The number of phenolic OH excluding ortho intramolecular Hbond substituents is 1. The molecule has 1 fully saturated rings. The van der Waals surface area contributed by atoms with Gasteiger partial charge in [-0.3, -0.25) is 0 Å². The Hall–Kier alpha value is -1.22. The zero-order valence-electron chi connectivity index (χ0n) is 8.66. The summed E-state index contributed by atoms with van der Waals surface area (Å²) in [5.41, 5.74) is 8.77. The predicted molar refractivity (Wildman–Crippen MR) is 59.7 cm³/mol. The Morgan fingerprint density at radius 3 is 2.87 bits per heavy atom. The molecule has 1 atom stereocenters. The van der Waals surface area contributed by atoms with Gasteiger partial charge in [-0.1, -0.05) is 0 Å². The van der Waals surface area contributed by atoms with Crippen LogP contribution in [0.2, 0.25) is 0 Å². The van der Waals surface area contributed by atoms with E-state index in [-0.39, 0.29) is 0 Å². The maximum absolute atomic E-state index is 9.85. The third-order valence-electron chi connectivity index (χ3n) is 3.45. The first kappa shape index (κ1) is 9.04. The Kier molecular flexibility index (Phi) is 1.89. The number of nitrogens with two attached hydrogens (primary N) is 1. The lowest BCUT2D eigenvalue weighted by Gasteiger charge is -2.27. The fraction of sp³-hybridized carbons (Fsp3) is 0.500. The number of nitrogen functional groups attached to an aromatic ring is 1. The van der Waals surface area contributed by atoms with Gasteiger partial charge in [0.05, 0.1) is 0 Å². The van der Waals surface area contributed by atoms with Crippen molar-refractivity contribution in [2.75, 3.05) is 12.3 Å². The van der Waals surface area contributed by atoms with Crippen LogP contribution in [0.1, 0.15) is 30.0 Å². The molecule has 0 spiro atoms. The largest absolute Gasteiger partial charge is 0.508 e. The van der Waals surface area contributed by atoms with Crippen molar-refractivity contribution in [3.63, 3.8) is 0 Å². The van der Waals surface area contributed by atoms with Crippen LogP contribution in [0.25, 0.3) is 0 Å². The van der Waals surface area contributed by atoms with E-state index in [4.69, 9.17) is 5.73 Å². The highest BCUT2D eigenvalue weighted by Gasteiger charge is 2.35. The van der Waals surface area contributed by atoms with Gasteiger partial charge in [0.1, 0.15) is 5.75 Å². The molecule has 1 aromatic rings. The summed E-state index contributed by atoms with van der Waals surface area (Å²) >= 11 is 0. The summed E-state index contributed by atoms with van der Waals surface area (Å²) in [7, 11) is 0. The van der Waals surface area contributed by atoms with Gasteiger partial charge in [0, 0.05) is 23.4 Å². The number of rotatable bonds is 1. The lowest BCUT2D eigenvalue weighted by molar-refractivity contribution is 0.428. The molecule has 3 heteroatoms. The number of nitrogens with one attached hydrogen (secondary N) is 1. The minimum Gasteiger partial charge on any atom is -0.508 e. The fourth-order valence-corrected chi connectivity index (χ4v) is 2.56. The highest BCUT2D eigenvalue weighted by atomic mass is 16.3. The molecule has 1 aliphatic heterocycles. The number of fused-ring (bicyclic) bond motifs is 1. The standard InChI is InChI=1S/C12H16N2O/c13-8-5-10-9(11(15)6-8)3-4-14-12(10)7-1-2-7/h5-7,12,14-15H,1-4,13H2. The molecule has 3 nitrogen and oxygen atoms in total. The van der Waals surface area contributed by atoms with Crippen molar-refractivity contribution < 1.29 is 5.11 Å². The van der Waals surface area contributed by atoms with Crippen LogP contribution in [0.4, 0.5) is 5.69 Å². The molecule has 0 amide bonds. The van der Waals surface area contributed by atoms with E-state index in [9.17, 15) is 5.11 Å². The summed E-state index contributed by atoms with van der Waals surface area (Å²) in [4.78, 5) is 0. The number of anilines is 1. The summed E-state index contributed by atoms with van der Waals surface area (Å²) in [6.45, 7) is 0.964. The van der Waals surface area contributed by atoms with Crippen LogP contribution >= 0.6 is 0 Å². The molecule has 2 aliphatic rings. The van der Waals surface area contributed by atoms with Crippen molar-refractivity contribution in [2.45, 2.75) is 25.3 Å². The van der Waals surface area contributed by atoms with Gasteiger partial charge >= 0.3 is 0 Å². The van der Waals surface area contributed by atoms with Crippen LogP contribution in [0.5, 0.6) is 5.75 Å². The van der Waals surface area contributed by atoms with Crippen molar-refractivity contribution in [1.82, 2.24) is 5.32 Å². The van der Waals surface area contributed by atoms with Gasteiger partial charge in [0.25, 0.3) is 0 Å². The van der Waals surface area contributed by atoms with Crippen molar-refractivity contribution in [1.29, 1.82) is 0 Å². The molecule has 4 N–H and O–H groups in total. The second kappa shape index (κ2) is 3.14. The molecule has 1 saturated carbocycles. The first-order valence-corrected chi connectivity index (χ1v) is 5.60.